The summed E-state index contributed by atoms with van der Waals surface area (Å²) in [6, 6.07) is 0. The van der Waals surface area contributed by atoms with Gasteiger partial charge in [0.15, 0.2) is 0 Å². The quantitative estimate of drug-likeness (QED) is 0.589. The van der Waals surface area contributed by atoms with Crippen molar-refractivity contribution in [1.29, 1.82) is 0 Å². The maximum atomic E-state index is 5.10. The number of nitrogens with zero attached hydrogens (tertiary/aromatic N) is 2. The highest BCUT2D eigenvalue weighted by molar-refractivity contribution is 5.28. The van der Waals surface area contributed by atoms with E-state index in [0.29, 0.717) is 0 Å². The molecule has 0 radical (unpaired) electrons. The minimum Gasteiger partial charge on any atom is -0.385 e. The molecule has 4 nitrogen and oxygen atoms in total. The monoisotopic (exact) mass is 281 g/mol. The van der Waals surface area contributed by atoms with Gasteiger partial charge in [-0.1, -0.05) is 39.0 Å². The van der Waals surface area contributed by atoms with Gasteiger partial charge in [-0.3, -0.25) is 0 Å². The van der Waals surface area contributed by atoms with Crippen LogP contribution >= 0.6 is 0 Å². The molecule has 0 fully saturated rings. The molecule has 0 aromatic carbocycles. The fourth-order valence-corrected chi connectivity index (χ4v) is 2.34. The Labute approximate surface area is 123 Å². The van der Waals surface area contributed by atoms with Crippen molar-refractivity contribution in [2.75, 3.05) is 25.6 Å². The molecule has 1 aromatic heterocycles. The number of methoxy groups -OCH3 is 1. The molecule has 0 saturated heterocycles. The first-order valence-corrected chi connectivity index (χ1v) is 8.04. The Bertz CT molecular complexity index is 349. The topological polar surface area (TPSA) is 39.1 Å². The van der Waals surface area contributed by atoms with E-state index in [1.54, 1.807) is 7.11 Å². The molecular weight excluding hydrogens is 250 g/mol. The first-order chi connectivity index (χ1) is 9.77. The number of rotatable bonds is 12. The Morgan fingerprint density at radius 2 is 1.90 bits per heavy atom. The van der Waals surface area contributed by atoms with Crippen LogP contribution in [0.25, 0.3) is 0 Å². The molecule has 0 aliphatic rings. The van der Waals surface area contributed by atoms with Gasteiger partial charge in [-0.05, 0) is 19.8 Å². The molecule has 116 valence electrons. The van der Waals surface area contributed by atoms with Crippen LogP contribution in [-0.4, -0.2) is 29.8 Å². The number of aromatic nitrogens is 2. The molecule has 0 bridgehead atoms. The van der Waals surface area contributed by atoms with E-state index in [0.717, 1.165) is 37.8 Å². The molecular formula is C16H31N3O. The lowest BCUT2D eigenvalue weighted by Crippen LogP contribution is -2.09. The summed E-state index contributed by atoms with van der Waals surface area (Å²) in [6.07, 6.45) is 11.1. The summed E-state index contributed by atoms with van der Waals surface area (Å²) < 4.78 is 7.30. The van der Waals surface area contributed by atoms with Crippen LogP contribution in [0.1, 0.15) is 57.6 Å². The highest BCUT2D eigenvalue weighted by atomic mass is 16.5. The zero-order valence-corrected chi connectivity index (χ0v) is 13.5. The molecule has 1 heterocycles. The maximum Gasteiger partial charge on any atom is 0.203 e. The van der Waals surface area contributed by atoms with Gasteiger partial charge in [0.2, 0.25) is 5.95 Å². The maximum absolute atomic E-state index is 5.10. The number of hydrogen-bond acceptors (Lipinski definition) is 3. The van der Waals surface area contributed by atoms with Crippen LogP contribution in [0.15, 0.2) is 6.20 Å². The number of anilines is 1. The van der Waals surface area contributed by atoms with Crippen LogP contribution in [0.3, 0.4) is 0 Å². The minimum absolute atomic E-state index is 0.800. The molecule has 0 amide bonds. The molecule has 0 saturated carbocycles. The minimum atomic E-state index is 0.800. The molecule has 1 rings (SSSR count). The van der Waals surface area contributed by atoms with Crippen molar-refractivity contribution in [3.63, 3.8) is 0 Å². The highest BCUT2D eigenvalue weighted by Gasteiger charge is 2.04. The van der Waals surface area contributed by atoms with Crippen molar-refractivity contribution < 1.29 is 4.74 Å². The van der Waals surface area contributed by atoms with Gasteiger partial charge in [0.05, 0.1) is 5.69 Å². The number of aryl methyl sites for hydroxylation is 2. The third kappa shape index (κ3) is 6.94. The summed E-state index contributed by atoms with van der Waals surface area (Å²) in [5, 5.41) is 3.46. The summed E-state index contributed by atoms with van der Waals surface area (Å²) in [5.41, 5.74) is 1.08. The number of nitrogens with one attached hydrogen (secondary N) is 1. The molecule has 1 aromatic rings. The van der Waals surface area contributed by atoms with Gasteiger partial charge >= 0.3 is 0 Å². The first-order valence-electron chi connectivity index (χ1n) is 8.04. The Kier molecular flexibility index (Phi) is 9.13. The van der Waals surface area contributed by atoms with Gasteiger partial charge in [0.1, 0.15) is 0 Å². The van der Waals surface area contributed by atoms with Crippen molar-refractivity contribution in [3.8, 4) is 0 Å². The normalized spacial score (nSPS) is 10.9. The zero-order chi connectivity index (χ0) is 14.6. The van der Waals surface area contributed by atoms with Crippen LogP contribution in [0, 0.1) is 6.92 Å². The van der Waals surface area contributed by atoms with Crippen molar-refractivity contribution in [2.45, 2.75) is 65.3 Å². The third-order valence-corrected chi connectivity index (χ3v) is 3.46. The summed E-state index contributed by atoms with van der Waals surface area (Å²) in [7, 11) is 1.75. The smallest absolute Gasteiger partial charge is 0.203 e. The SMILES string of the molecule is CCCCCCCCNc1nc(C)cn1CCCOC. The first kappa shape index (κ1) is 17.0. The molecule has 4 heteroatoms. The number of ether oxygens (including phenoxy) is 1. The van der Waals surface area contributed by atoms with Crippen LogP contribution in [0.4, 0.5) is 5.95 Å². The Morgan fingerprint density at radius 1 is 1.15 bits per heavy atom. The number of unbranched alkanes of at least 4 members (excludes halogenated alkanes) is 5. The largest absolute Gasteiger partial charge is 0.385 e. The molecule has 0 unspecified atom stereocenters. The van der Waals surface area contributed by atoms with E-state index in [1.807, 2.05) is 6.92 Å². The predicted molar refractivity (Wildman–Crippen MR) is 85.3 cm³/mol. The van der Waals surface area contributed by atoms with Gasteiger partial charge < -0.3 is 14.6 Å². The second-order valence-electron chi connectivity index (χ2n) is 5.44. The van der Waals surface area contributed by atoms with Crippen molar-refractivity contribution in [1.82, 2.24) is 9.55 Å². The van der Waals surface area contributed by atoms with Gasteiger partial charge in [0.25, 0.3) is 0 Å². The predicted octanol–water partition coefficient (Wildman–Crippen LogP) is 4.00. The lowest BCUT2D eigenvalue weighted by molar-refractivity contribution is 0.190. The average molecular weight is 281 g/mol. The fourth-order valence-electron chi connectivity index (χ4n) is 2.34. The average Bonchev–Trinajstić information content (AvgIpc) is 2.78. The summed E-state index contributed by atoms with van der Waals surface area (Å²) in [5.74, 6) is 1.01. The van der Waals surface area contributed by atoms with E-state index in [4.69, 9.17) is 4.74 Å². The Balaban J connectivity index is 2.21. The van der Waals surface area contributed by atoms with Crippen LogP contribution in [0.5, 0.6) is 0 Å². The van der Waals surface area contributed by atoms with Gasteiger partial charge in [-0.15, -0.1) is 0 Å². The molecule has 0 aliphatic carbocycles. The van der Waals surface area contributed by atoms with E-state index in [2.05, 4.69) is 28.0 Å². The van der Waals surface area contributed by atoms with E-state index in [-0.39, 0.29) is 0 Å². The molecule has 0 spiro atoms. The van der Waals surface area contributed by atoms with Crippen LogP contribution < -0.4 is 5.32 Å². The number of hydrogen-bond donors (Lipinski definition) is 1. The van der Waals surface area contributed by atoms with Crippen LogP contribution in [-0.2, 0) is 11.3 Å². The molecule has 20 heavy (non-hydrogen) atoms. The van der Waals surface area contributed by atoms with Gasteiger partial charge in [-0.2, -0.15) is 0 Å². The Morgan fingerprint density at radius 3 is 2.65 bits per heavy atom. The third-order valence-electron chi connectivity index (χ3n) is 3.46. The van der Waals surface area contributed by atoms with Crippen LogP contribution in [0.2, 0.25) is 0 Å². The van der Waals surface area contributed by atoms with Gasteiger partial charge in [0, 0.05) is 33.0 Å². The standard InChI is InChI=1S/C16H31N3O/c1-4-5-6-7-8-9-11-17-16-18-15(2)14-19(16)12-10-13-20-3/h14H,4-13H2,1-3H3,(H,17,18). The Hall–Kier alpha value is -1.03. The van der Waals surface area contributed by atoms with Gasteiger partial charge in [-0.25, -0.2) is 4.98 Å². The lowest BCUT2D eigenvalue weighted by Gasteiger charge is -2.09. The number of imidazole rings is 1. The second kappa shape index (κ2) is 10.7. The molecule has 0 aliphatic heterocycles. The highest BCUT2D eigenvalue weighted by Crippen LogP contribution is 2.10. The van der Waals surface area contributed by atoms with E-state index >= 15 is 0 Å². The van der Waals surface area contributed by atoms with E-state index < -0.39 is 0 Å². The zero-order valence-electron chi connectivity index (χ0n) is 13.5. The summed E-state index contributed by atoms with van der Waals surface area (Å²) in [4.78, 5) is 4.55. The van der Waals surface area contributed by atoms with Crippen molar-refractivity contribution in [2.24, 2.45) is 0 Å². The van der Waals surface area contributed by atoms with Crippen molar-refractivity contribution in [3.05, 3.63) is 11.9 Å². The van der Waals surface area contributed by atoms with E-state index in [1.165, 1.54) is 38.5 Å². The van der Waals surface area contributed by atoms with Crippen molar-refractivity contribution >= 4 is 5.95 Å². The molecule has 1 N–H and O–H groups in total. The lowest BCUT2D eigenvalue weighted by atomic mass is 10.1. The fraction of sp³-hybridized carbons (Fsp3) is 0.812. The van der Waals surface area contributed by atoms with E-state index in [9.17, 15) is 0 Å². The second-order valence-corrected chi connectivity index (χ2v) is 5.44. The molecule has 0 atom stereocenters. The summed E-state index contributed by atoms with van der Waals surface area (Å²) in [6.45, 7) is 7.09. The summed E-state index contributed by atoms with van der Waals surface area (Å²) >= 11 is 0.